The highest BCUT2D eigenvalue weighted by Crippen LogP contribution is 2.36. The van der Waals surface area contributed by atoms with E-state index in [9.17, 15) is 0 Å². The second-order valence-electron chi connectivity index (χ2n) is 5.56. The van der Waals surface area contributed by atoms with Crippen molar-refractivity contribution < 1.29 is 9.47 Å². The van der Waals surface area contributed by atoms with Gasteiger partial charge in [-0.3, -0.25) is 0 Å². The Hall–Kier alpha value is -1.71. The molecule has 1 unspecified atom stereocenters. The van der Waals surface area contributed by atoms with Crippen molar-refractivity contribution in [3.05, 3.63) is 58.1 Å². The highest BCUT2D eigenvalue weighted by molar-refractivity contribution is 6.32. The van der Waals surface area contributed by atoms with Crippen molar-refractivity contribution in [2.45, 2.75) is 33.4 Å². The van der Waals surface area contributed by atoms with Crippen LogP contribution in [-0.4, -0.2) is 13.7 Å². The zero-order valence-corrected chi connectivity index (χ0v) is 14.9. The van der Waals surface area contributed by atoms with Crippen molar-refractivity contribution in [2.24, 2.45) is 0 Å². The molecule has 0 saturated heterocycles. The molecular formula is C19H24ClNO2. The van der Waals surface area contributed by atoms with Crippen LogP contribution in [0.25, 0.3) is 0 Å². The van der Waals surface area contributed by atoms with E-state index in [4.69, 9.17) is 21.1 Å². The van der Waals surface area contributed by atoms with Crippen LogP contribution in [0.5, 0.6) is 11.5 Å². The summed E-state index contributed by atoms with van der Waals surface area (Å²) in [6.07, 6.45) is 0. The molecule has 0 aliphatic heterocycles. The van der Waals surface area contributed by atoms with Crippen LogP contribution in [0.15, 0.2) is 36.4 Å². The first kappa shape index (κ1) is 17.6. The zero-order chi connectivity index (χ0) is 16.8. The molecule has 0 spiro atoms. The molecule has 124 valence electrons. The van der Waals surface area contributed by atoms with Gasteiger partial charge in [-0.05, 0) is 44.0 Å². The molecule has 23 heavy (non-hydrogen) atoms. The molecule has 0 heterocycles. The summed E-state index contributed by atoms with van der Waals surface area (Å²) in [7, 11) is 1.60. The van der Waals surface area contributed by atoms with Crippen LogP contribution in [-0.2, 0) is 6.54 Å². The Bertz CT molecular complexity index is 641. The summed E-state index contributed by atoms with van der Waals surface area (Å²) in [5, 5.41) is 4.08. The SMILES string of the molecule is CCOc1cc(CNC(C)c2ccc(C)cc2)cc(Cl)c1OC. The summed E-state index contributed by atoms with van der Waals surface area (Å²) in [5.41, 5.74) is 3.60. The van der Waals surface area contributed by atoms with E-state index in [1.54, 1.807) is 7.11 Å². The maximum Gasteiger partial charge on any atom is 0.179 e. The molecule has 2 rings (SSSR count). The summed E-state index contributed by atoms with van der Waals surface area (Å²) in [5.74, 6) is 1.27. The van der Waals surface area contributed by atoms with Crippen LogP contribution in [0.1, 0.15) is 36.6 Å². The number of hydrogen-bond acceptors (Lipinski definition) is 3. The van der Waals surface area contributed by atoms with Crippen LogP contribution in [0.4, 0.5) is 0 Å². The number of aryl methyl sites for hydroxylation is 1. The van der Waals surface area contributed by atoms with Gasteiger partial charge >= 0.3 is 0 Å². The van der Waals surface area contributed by atoms with Crippen molar-refractivity contribution in [1.29, 1.82) is 0 Å². The lowest BCUT2D eigenvalue weighted by molar-refractivity contribution is 0.310. The Morgan fingerprint density at radius 2 is 1.87 bits per heavy atom. The second kappa shape index (κ2) is 8.23. The topological polar surface area (TPSA) is 30.5 Å². The fraction of sp³-hybridized carbons (Fsp3) is 0.368. The fourth-order valence-electron chi connectivity index (χ4n) is 2.43. The van der Waals surface area contributed by atoms with Crippen LogP contribution in [0.2, 0.25) is 5.02 Å². The van der Waals surface area contributed by atoms with E-state index in [2.05, 4.69) is 43.4 Å². The van der Waals surface area contributed by atoms with E-state index in [1.807, 2.05) is 19.1 Å². The normalized spacial score (nSPS) is 12.0. The Kier molecular flexibility index (Phi) is 6.31. The van der Waals surface area contributed by atoms with Crippen molar-refractivity contribution >= 4 is 11.6 Å². The van der Waals surface area contributed by atoms with E-state index >= 15 is 0 Å². The molecular weight excluding hydrogens is 310 g/mol. The van der Waals surface area contributed by atoms with Crippen molar-refractivity contribution in [3.8, 4) is 11.5 Å². The maximum absolute atomic E-state index is 6.29. The minimum atomic E-state index is 0.257. The minimum Gasteiger partial charge on any atom is -0.491 e. The van der Waals surface area contributed by atoms with Gasteiger partial charge in [0.15, 0.2) is 11.5 Å². The van der Waals surface area contributed by atoms with Crippen LogP contribution in [0.3, 0.4) is 0 Å². The standard InChI is InChI=1S/C19H24ClNO2/c1-5-23-18-11-15(10-17(20)19(18)22-4)12-21-14(3)16-8-6-13(2)7-9-16/h6-11,14,21H,5,12H2,1-4H3. The number of nitrogens with one attached hydrogen (secondary N) is 1. The molecule has 0 aliphatic rings. The first-order chi connectivity index (χ1) is 11.0. The van der Waals surface area contributed by atoms with Gasteiger partial charge in [0, 0.05) is 12.6 Å². The first-order valence-electron chi connectivity index (χ1n) is 7.84. The summed E-state index contributed by atoms with van der Waals surface area (Å²) in [6.45, 7) is 7.47. The molecule has 3 nitrogen and oxygen atoms in total. The summed E-state index contributed by atoms with van der Waals surface area (Å²) >= 11 is 6.29. The molecule has 0 saturated carbocycles. The van der Waals surface area contributed by atoms with Gasteiger partial charge in [0.05, 0.1) is 18.7 Å². The number of ether oxygens (including phenoxy) is 2. The second-order valence-corrected chi connectivity index (χ2v) is 5.96. The lowest BCUT2D eigenvalue weighted by Gasteiger charge is -2.17. The monoisotopic (exact) mass is 333 g/mol. The largest absolute Gasteiger partial charge is 0.491 e. The first-order valence-corrected chi connectivity index (χ1v) is 8.22. The molecule has 0 aromatic heterocycles. The van der Waals surface area contributed by atoms with E-state index in [1.165, 1.54) is 11.1 Å². The van der Waals surface area contributed by atoms with Crippen molar-refractivity contribution in [3.63, 3.8) is 0 Å². The lowest BCUT2D eigenvalue weighted by atomic mass is 10.1. The third-order valence-corrected chi connectivity index (χ3v) is 4.04. The molecule has 0 radical (unpaired) electrons. The van der Waals surface area contributed by atoms with Crippen molar-refractivity contribution in [2.75, 3.05) is 13.7 Å². The predicted molar refractivity (Wildman–Crippen MR) is 95.6 cm³/mol. The smallest absolute Gasteiger partial charge is 0.179 e. The Morgan fingerprint density at radius 3 is 2.48 bits per heavy atom. The molecule has 1 N–H and O–H groups in total. The number of halogens is 1. The average Bonchev–Trinajstić information content (AvgIpc) is 2.53. The summed E-state index contributed by atoms with van der Waals surface area (Å²) < 4.78 is 10.9. The van der Waals surface area contributed by atoms with Gasteiger partial charge < -0.3 is 14.8 Å². The highest BCUT2D eigenvalue weighted by Gasteiger charge is 2.12. The molecule has 0 bridgehead atoms. The molecule has 2 aromatic carbocycles. The van der Waals surface area contributed by atoms with Crippen LogP contribution in [0, 0.1) is 6.92 Å². The van der Waals surface area contributed by atoms with Gasteiger partial charge in [0.1, 0.15) is 0 Å². The van der Waals surface area contributed by atoms with Crippen LogP contribution < -0.4 is 14.8 Å². The van der Waals surface area contributed by atoms with Gasteiger partial charge in [0.25, 0.3) is 0 Å². The fourth-order valence-corrected chi connectivity index (χ4v) is 2.74. The van der Waals surface area contributed by atoms with Gasteiger partial charge in [0.2, 0.25) is 0 Å². The number of benzene rings is 2. The number of hydrogen-bond donors (Lipinski definition) is 1. The van der Waals surface area contributed by atoms with Crippen LogP contribution >= 0.6 is 11.6 Å². The molecule has 0 fully saturated rings. The van der Waals surface area contributed by atoms with E-state index < -0.39 is 0 Å². The van der Waals surface area contributed by atoms with Gasteiger partial charge in [-0.25, -0.2) is 0 Å². The predicted octanol–water partition coefficient (Wildman–Crippen LogP) is 4.91. The quantitative estimate of drug-likeness (QED) is 0.781. The highest BCUT2D eigenvalue weighted by atomic mass is 35.5. The summed E-state index contributed by atoms with van der Waals surface area (Å²) in [4.78, 5) is 0. The number of methoxy groups -OCH3 is 1. The van der Waals surface area contributed by atoms with Crippen molar-refractivity contribution in [1.82, 2.24) is 5.32 Å². The van der Waals surface area contributed by atoms with Gasteiger partial charge in [-0.1, -0.05) is 41.4 Å². The lowest BCUT2D eigenvalue weighted by Crippen LogP contribution is -2.18. The maximum atomic E-state index is 6.29. The molecule has 0 aliphatic carbocycles. The third kappa shape index (κ3) is 4.63. The third-order valence-electron chi connectivity index (χ3n) is 3.76. The minimum absolute atomic E-state index is 0.257. The molecule has 0 amide bonds. The van der Waals surface area contributed by atoms with E-state index in [0.29, 0.717) is 29.7 Å². The molecule has 1 atom stereocenters. The molecule has 2 aromatic rings. The van der Waals surface area contributed by atoms with Gasteiger partial charge in [-0.2, -0.15) is 0 Å². The van der Waals surface area contributed by atoms with E-state index in [0.717, 1.165) is 5.56 Å². The molecule has 4 heteroatoms. The van der Waals surface area contributed by atoms with E-state index in [-0.39, 0.29) is 6.04 Å². The van der Waals surface area contributed by atoms with Gasteiger partial charge in [-0.15, -0.1) is 0 Å². The number of rotatable bonds is 7. The Morgan fingerprint density at radius 1 is 1.17 bits per heavy atom. The Labute approximate surface area is 143 Å². The average molecular weight is 334 g/mol. The summed E-state index contributed by atoms with van der Waals surface area (Å²) in [6, 6.07) is 12.7. The Balaban J connectivity index is 2.09. The zero-order valence-electron chi connectivity index (χ0n) is 14.2.